The molecule has 2 saturated heterocycles. The van der Waals surface area contributed by atoms with Gasteiger partial charge in [-0.25, -0.2) is 19.3 Å². The number of esters is 4. The third kappa shape index (κ3) is 7.68. The van der Waals surface area contributed by atoms with Crippen molar-refractivity contribution in [2.75, 3.05) is 13.7 Å². The van der Waals surface area contributed by atoms with Gasteiger partial charge in [0.1, 0.15) is 30.5 Å². The van der Waals surface area contributed by atoms with Crippen LogP contribution in [0, 0.1) is 0 Å². The summed E-state index contributed by atoms with van der Waals surface area (Å²) in [4.78, 5) is 75.5. The van der Waals surface area contributed by atoms with E-state index in [2.05, 4.69) is 6.58 Å². The van der Waals surface area contributed by atoms with E-state index in [0.29, 0.717) is 4.90 Å². The highest BCUT2D eigenvalue weighted by Crippen LogP contribution is 2.43. The third-order valence-corrected chi connectivity index (χ3v) is 5.74. The maximum absolute atomic E-state index is 13.1. The Morgan fingerprint density at radius 2 is 1.72 bits per heavy atom. The lowest BCUT2D eigenvalue weighted by Gasteiger charge is -2.47. The number of rotatable bonds is 9. The minimum Gasteiger partial charge on any atom is -0.467 e. The van der Waals surface area contributed by atoms with Crippen LogP contribution in [0.5, 0.6) is 0 Å². The predicted octanol–water partition coefficient (Wildman–Crippen LogP) is 1.81. The molecule has 39 heavy (non-hydrogen) atoms. The molecule has 0 N–H and O–H groups in total. The number of nitrogens with zero attached hydrogens (tertiary/aromatic N) is 1. The second kappa shape index (κ2) is 12.5. The monoisotopic (exact) mass is 557 g/mol. The van der Waals surface area contributed by atoms with Crippen molar-refractivity contribution in [1.82, 2.24) is 4.90 Å². The van der Waals surface area contributed by atoms with Gasteiger partial charge in [-0.1, -0.05) is 6.08 Å². The predicted molar refractivity (Wildman–Crippen MR) is 129 cm³/mol. The Morgan fingerprint density at radius 1 is 1.10 bits per heavy atom. The molecule has 2 fully saturated rings. The topological polar surface area (TPSA) is 170 Å². The number of imide groups is 1. The Hall–Kier alpha value is -3.68. The molecule has 0 saturated carbocycles. The van der Waals surface area contributed by atoms with Gasteiger partial charge in [0.15, 0.2) is 17.8 Å². The largest absolute Gasteiger partial charge is 0.467 e. The van der Waals surface area contributed by atoms with Gasteiger partial charge in [-0.2, -0.15) is 0 Å². The lowest BCUT2D eigenvalue weighted by atomic mass is 9.81. The number of methoxy groups -OCH3 is 1. The van der Waals surface area contributed by atoms with Gasteiger partial charge < -0.3 is 33.2 Å². The van der Waals surface area contributed by atoms with Gasteiger partial charge in [-0.3, -0.25) is 14.4 Å². The van der Waals surface area contributed by atoms with Crippen LogP contribution >= 0.6 is 0 Å². The van der Waals surface area contributed by atoms with Crippen molar-refractivity contribution < 1.29 is 61.9 Å². The summed E-state index contributed by atoms with van der Waals surface area (Å²) in [5.41, 5.74) is -2.81. The SMILES string of the molecule is C=CC[C@]1(C(=O)OC)C[C@@H]2OC(=O)N(C(=O)OC(C)(C)C)[C@H]2[C@H]([C@H](OC(C)=O)[C@@H](COC(C)=O)OC(C)=O)O1. The first kappa shape index (κ1) is 31.5. The zero-order valence-corrected chi connectivity index (χ0v) is 23.0. The van der Waals surface area contributed by atoms with E-state index in [9.17, 15) is 28.8 Å². The number of fused-ring (bicyclic) bond motifs is 1. The summed E-state index contributed by atoms with van der Waals surface area (Å²) in [6.45, 7) is 11.1. The van der Waals surface area contributed by atoms with E-state index in [0.717, 1.165) is 27.9 Å². The van der Waals surface area contributed by atoms with Gasteiger partial charge in [0, 0.05) is 33.6 Å². The van der Waals surface area contributed by atoms with Gasteiger partial charge in [0.05, 0.1) is 7.11 Å². The molecule has 6 atom stereocenters. The average molecular weight is 558 g/mol. The van der Waals surface area contributed by atoms with E-state index in [1.165, 1.54) is 6.08 Å². The van der Waals surface area contributed by atoms with E-state index >= 15 is 0 Å². The first-order chi connectivity index (χ1) is 18.0. The zero-order valence-electron chi connectivity index (χ0n) is 23.0. The first-order valence-electron chi connectivity index (χ1n) is 12.1. The molecule has 2 heterocycles. The molecule has 14 heteroatoms. The summed E-state index contributed by atoms with van der Waals surface area (Å²) >= 11 is 0. The standard InChI is InChI=1S/C25H35NO13/c1-9-10-25(21(30)33-8)11-16-18(26(22(31)37-16)23(32)39-24(5,6)7)20(38-25)19(36-15(4)29)17(35-14(3)28)12-34-13(2)27/h9,16-20H,1,10-12H2,2-8H3/t16-,17+,18+,19+,20+,25+/m0/s1. The van der Waals surface area contributed by atoms with E-state index in [1.54, 1.807) is 20.8 Å². The van der Waals surface area contributed by atoms with Gasteiger partial charge >= 0.3 is 36.1 Å². The fourth-order valence-corrected chi connectivity index (χ4v) is 4.46. The minimum absolute atomic E-state index is 0.127. The molecule has 0 unspecified atom stereocenters. The number of amides is 2. The third-order valence-electron chi connectivity index (χ3n) is 5.74. The lowest BCUT2D eigenvalue weighted by molar-refractivity contribution is -0.236. The highest BCUT2D eigenvalue weighted by molar-refractivity contribution is 5.90. The number of carbonyl (C=O) groups excluding carboxylic acids is 6. The fourth-order valence-electron chi connectivity index (χ4n) is 4.46. The van der Waals surface area contributed by atoms with Crippen molar-refractivity contribution in [3.05, 3.63) is 12.7 Å². The molecule has 0 aromatic carbocycles. The van der Waals surface area contributed by atoms with E-state index in [1.807, 2.05) is 0 Å². The minimum atomic E-state index is -1.80. The normalized spacial score (nSPS) is 25.8. The summed E-state index contributed by atoms with van der Waals surface area (Å²) in [5, 5.41) is 0. The molecule has 2 aliphatic rings. The highest BCUT2D eigenvalue weighted by Gasteiger charge is 2.64. The number of carbonyl (C=O) groups is 6. The van der Waals surface area contributed by atoms with Crippen LogP contribution in [0.15, 0.2) is 12.7 Å². The molecule has 0 aliphatic carbocycles. The van der Waals surface area contributed by atoms with Crippen LogP contribution in [0.1, 0.15) is 54.4 Å². The zero-order chi connectivity index (χ0) is 29.7. The Labute approximate surface area is 225 Å². The van der Waals surface area contributed by atoms with Crippen molar-refractivity contribution in [2.24, 2.45) is 0 Å². The molecule has 0 spiro atoms. The molecule has 14 nitrogen and oxygen atoms in total. The van der Waals surface area contributed by atoms with E-state index < -0.39 is 84.3 Å². The number of hydrogen-bond donors (Lipinski definition) is 0. The van der Waals surface area contributed by atoms with Crippen molar-refractivity contribution in [1.29, 1.82) is 0 Å². The molecule has 2 amide bonds. The van der Waals surface area contributed by atoms with Crippen LogP contribution in [0.4, 0.5) is 9.59 Å². The molecular formula is C25H35NO13. The van der Waals surface area contributed by atoms with Crippen LogP contribution in [0.2, 0.25) is 0 Å². The first-order valence-corrected chi connectivity index (χ1v) is 12.1. The van der Waals surface area contributed by atoms with Gasteiger partial charge in [0.2, 0.25) is 0 Å². The Kier molecular flexibility index (Phi) is 10.1. The summed E-state index contributed by atoms with van der Waals surface area (Å²) < 4.78 is 37.9. The molecule has 0 radical (unpaired) electrons. The van der Waals surface area contributed by atoms with Crippen LogP contribution in [-0.2, 0) is 52.3 Å². The Morgan fingerprint density at radius 3 is 2.21 bits per heavy atom. The second-order valence-corrected chi connectivity index (χ2v) is 10.1. The maximum atomic E-state index is 13.1. The molecule has 218 valence electrons. The van der Waals surface area contributed by atoms with E-state index in [4.69, 9.17) is 33.2 Å². The smallest absolute Gasteiger partial charge is 0.420 e. The Balaban J connectivity index is 2.72. The maximum Gasteiger partial charge on any atom is 0.420 e. The molecule has 2 rings (SSSR count). The van der Waals surface area contributed by atoms with Crippen molar-refractivity contribution in [3.8, 4) is 0 Å². The van der Waals surface area contributed by atoms with Gasteiger partial charge in [-0.05, 0) is 20.8 Å². The molecule has 0 bridgehead atoms. The summed E-state index contributed by atoms with van der Waals surface area (Å²) in [6.07, 6.45) is -7.00. The second-order valence-electron chi connectivity index (χ2n) is 10.1. The van der Waals surface area contributed by atoms with Gasteiger partial charge in [0.25, 0.3) is 0 Å². The van der Waals surface area contributed by atoms with Crippen molar-refractivity contribution >= 4 is 36.1 Å². The summed E-state index contributed by atoms with van der Waals surface area (Å²) in [7, 11) is 1.12. The van der Waals surface area contributed by atoms with Crippen LogP contribution in [0.3, 0.4) is 0 Å². The van der Waals surface area contributed by atoms with Crippen LogP contribution in [-0.4, -0.2) is 96.3 Å². The quantitative estimate of drug-likeness (QED) is 0.229. The van der Waals surface area contributed by atoms with Crippen LogP contribution < -0.4 is 0 Å². The number of ether oxygens (including phenoxy) is 7. The Bertz CT molecular complexity index is 1000. The van der Waals surface area contributed by atoms with Gasteiger partial charge in [-0.15, -0.1) is 6.58 Å². The lowest BCUT2D eigenvalue weighted by Crippen LogP contribution is -2.66. The molecule has 0 aromatic rings. The summed E-state index contributed by atoms with van der Waals surface area (Å²) in [6, 6.07) is -1.32. The highest BCUT2D eigenvalue weighted by atomic mass is 16.7. The summed E-state index contributed by atoms with van der Waals surface area (Å²) in [5.74, 6) is -3.29. The van der Waals surface area contributed by atoms with Crippen LogP contribution in [0.25, 0.3) is 0 Å². The average Bonchev–Trinajstić information content (AvgIpc) is 3.13. The van der Waals surface area contributed by atoms with Crippen molar-refractivity contribution in [3.63, 3.8) is 0 Å². The molecular weight excluding hydrogens is 522 g/mol. The fraction of sp³-hybridized carbons (Fsp3) is 0.680. The van der Waals surface area contributed by atoms with E-state index in [-0.39, 0.29) is 12.8 Å². The molecule has 2 aliphatic heterocycles. The number of hydrogen-bond acceptors (Lipinski definition) is 13. The van der Waals surface area contributed by atoms with Crippen molar-refractivity contribution in [2.45, 2.75) is 96.0 Å². The molecule has 0 aromatic heterocycles.